The maximum absolute atomic E-state index is 15.2. The molecule has 1 unspecified atom stereocenters. The van der Waals surface area contributed by atoms with Crippen molar-refractivity contribution in [2.45, 2.75) is 62.7 Å². The SMILES string of the molecule is COc1ccc2c(c1)[C@]1(O[C@@H](CCn3cc(C(CO)c4ccccc4)nn3)[C@H]([Si](C)(C)O)[C@H]1C)C(=O)N2Cc1ccc(N2C(=O)c3ccccc3Oc3ccccc32)cc1. The maximum Gasteiger partial charge on any atom is 0.266 e. The summed E-state index contributed by atoms with van der Waals surface area (Å²) in [6, 6.07) is 37.7. The van der Waals surface area contributed by atoms with Crippen molar-refractivity contribution in [3.05, 3.63) is 155 Å². The van der Waals surface area contributed by atoms with Crippen LogP contribution in [0.1, 0.15) is 52.0 Å². The van der Waals surface area contributed by atoms with Crippen LogP contribution < -0.4 is 19.3 Å². The normalized spacial score (nSPS) is 21.3. The molecular weight excluding hydrogens is 775 g/mol. The molecule has 5 aromatic carbocycles. The van der Waals surface area contributed by atoms with Crippen LogP contribution in [0.15, 0.2) is 128 Å². The van der Waals surface area contributed by atoms with E-state index < -0.39 is 20.0 Å². The van der Waals surface area contributed by atoms with Crippen LogP contribution in [0.25, 0.3) is 0 Å². The van der Waals surface area contributed by atoms with Gasteiger partial charge in [0.2, 0.25) is 0 Å². The lowest BCUT2D eigenvalue weighted by atomic mass is 9.82. The predicted octanol–water partition coefficient (Wildman–Crippen LogP) is 7.93. The lowest BCUT2D eigenvalue weighted by Gasteiger charge is -2.32. The third-order valence-electron chi connectivity index (χ3n) is 12.3. The Kier molecular flexibility index (Phi) is 10.2. The van der Waals surface area contributed by atoms with E-state index in [0.29, 0.717) is 58.4 Å². The maximum atomic E-state index is 15.2. The second kappa shape index (κ2) is 15.5. The largest absolute Gasteiger partial charge is 0.497 e. The fraction of sp³-hybridized carbons (Fsp3) is 0.277. The first-order valence-corrected chi connectivity index (χ1v) is 23.3. The summed E-state index contributed by atoms with van der Waals surface area (Å²) in [6.07, 6.45) is 1.86. The van der Waals surface area contributed by atoms with E-state index in [1.807, 2.05) is 135 Å². The zero-order chi connectivity index (χ0) is 41.8. The Morgan fingerprint density at radius 3 is 2.33 bits per heavy atom. The molecule has 0 aliphatic carbocycles. The van der Waals surface area contributed by atoms with Crippen LogP contribution in [0.3, 0.4) is 0 Å². The van der Waals surface area contributed by atoms with Gasteiger partial charge in [0.05, 0.1) is 54.9 Å². The van der Waals surface area contributed by atoms with Crippen LogP contribution in [0.5, 0.6) is 17.2 Å². The first kappa shape index (κ1) is 39.3. The highest BCUT2D eigenvalue weighted by Gasteiger charge is 2.66. The van der Waals surface area contributed by atoms with Crippen molar-refractivity contribution in [1.82, 2.24) is 15.0 Å². The second-order valence-electron chi connectivity index (χ2n) is 16.3. The van der Waals surface area contributed by atoms with E-state index in [2.05, 4.69) is 10.3 Å². The minimum Gasteiger partial charge on any atom is -0.497 e. The molecular formula is C47H47N5O7Si. The minimum absolute atomic E-state index is 0.108. The van der Waals surface area contributed by atoms with Gasteiger partial charge in [0.15, 0.2) is 19.7 Å². The molecule has 6 aromatic rings. The number of aromatic nitrogens is 3. The number of nitrogens with zero attached hydrogens (tertiary/aromatic N) is 5. The van der Waals surface area contributed by atoms with Gasteiger partial charge >= 0.3 is 0 Å². The molecule has 13 heteroatoms. The number of fused-ring (bicyclic) bond motifs is 4. The molecule has 3 aliphatic rings. The van der Waals surface area contributed by atoms with Crippen LogP contribution >= 0.6 is 0 Å². The summed E-state index contributed by atoms with van der Waals surface area (Å²) >= 11 is 0. The van der Waals surface area contributed by atoms with E-state index in [-0.39, 0.29) is 42.3 Å². The Balaban J connectivity index is 1.00. The molecule has 306 valence electrons. The molecule has 1 aromatic heterocycles. The Labute approximate surface area is 349 Å². The summed E-state index contributed by atoms with van der Waals surface area (Å²) in [7, 11) is -1.34. The summed E-state index contributed by atoms with van der Waals surface area (Å²) in [5, 5.41) is 19.0. The number of carbonyl (C=O) groups excluding carboxylic acids is 2. The monoisotopic (exact) mass is 821 g/mol. The van der Waals surface area contributed by atoms with E-state index in [4.69, 9.17) is 14.2 Å². The van der Waals surface area contributed by atoms with Gasteiger partial charge in [-0.25, -0.2) is 0 Å². The molecule has 2 amide bonds. The fourth-order valence-electron chi connectivity index (χ4n) is 9.51. The van der Waals surface area contributed by atoms with Gasteiger partial charge in [-0.05, 0) is 85.2 Å². The Bertz CT molecular complexity index is 2560. The van der Waals surface area contributed by atoms with E-state index in [9.17, 15) is 14.7 Å². The van der Waals surface area contributed by atoms with Crippen LogP contribution in [0.2, 0.25) is 18.6 Å². The van der Waals surface area contributed by atoms with Crippen molar-refractivity contribution in [1.29, 1.82) is 0 Å². The molecule has 1 fully saturated rings. The number of para-hydroxylation sites is 3. The number of aliphatic hydroxyl groups excluding tert-OH is 1. The predicted molar refractivity (Wildman–Crippen MR) is 229 cm³/mol. The van der Waals surface area contributed by atoms with Gasteiger partial charge < -0.3 is 29.0 Å². The fourth-order valence-corrected chi connectivity index (χ4v) is 12.1. The topological polar surface area (TPSA) is 139 Å². The Morgan fingerprint density at radius 1 is 0.883 bits per heavy atom. The van der Waals surface area contributed by atoms with E-state index in [0.717, 1.165) is 16.8 Å². The minimum atomic E-state index is -2.94. The molecule has 60 heavy (non-hydrogen) atoms. The van der Waals surface area contributed by atoms with Crippen LogP contribution in [-0.4, -0.2) is 64.8 Å². The summed E-state index contributed by atoms with van der Waals surface area (Å²) in [4.78, 5) is 44.5. The zero-order valence-electron chi connectivity index (χ0n) is 33.9. The van der Waals surface area contributed by atoms with E-state index in [1.54, 1.807) is 33.7 Å². The lowest BCUT2D eigenvalue weighted by molar-refractivity contribution is -0.146. The van der Waals surface area contributed by atoms with Crippen LogP contribution in [-0.2, 0) is 28.2 Å². The average molecular weight is 822 g/mol. The van der Waals surface area contributed by atoms with E-state index in [1.165, 1.54) is 0 Å². The number of ether oxygens (including phenoxy) is 3. The number of hydrogen-bond acceptors (Lipinski definition) is 9. The number of carbonyl (C=O) groups is 2. The van der Waals surface area contributed by atoms with Crippen LogP contribution in [0, 0.1) is 5.92 Å². The molecule has 4 heterocycles. The van der Waals surface area contributed by atoms with Gasteiger partial charge in [0.25, 0.3) is 11.8 Å². The highest BCUT2D eigenvalue weighted by Crippen LogP contribution is 2.60. The molecule has 12 nitrogen and oxygen atoms in total. The Morgan fingerprint density at radius 2 is 1.60 bits per heavy atom. The average Bonchev–Trinajstić information content (AvgIpc) is 3.89. The summed E-state index contributed by atoms with van der Waals surface area (Å²) in [6.45, 7) is 6.41. The number of amides is 2. The Hall–Kier alpha value is -6.12. The number of methoxy groups -OCH3 is 1. The van der Waals surface area contributed by atoms with Gasteiger partial charge in [-0.3, -0.25) is 19.2 Å². The number of hydrogen-bond donors (Lipinski definition) is 2. The van der Waals surface area contributed by atoms with Gasteiger partial charge in [-0.1, -0.05) is 78.9 Å². The lowest BCUT2D eigenvalue weighted by Crippen LogP contribution is -2.46. The van der Waals surface area contributed by atoms with Crippen molar-refractivity contribution in [3.63, 3.8) is 0 Å². The van der Waals surface area contributed by atoms with Crippen molar-refractivity contribution in [2.75, 3.05) is 23.5 Å². The molecule has 1 saturated heterocycles. The first-order valence-electron chi connectivity index (χ1n) is 20.3. The molecule has 9 rings (SSSR count). The molecule has 0 radical (unpaired) electrons. The summed E-state index contributed by atoms with van der Waals surface area (Å²) in [5.74, 6) is 0.573. The first-order chi connectivity index (χ1) is 29.0. The van der Waals surface area contributed by atoms with Gasteiger partial charge in [0.1, 0.15) is 11.5 Å². The molecule has 0 saturated carbocycles. The number of aliphatic hydroxyl groups is 1. The number of benzene rings is 5. The highest BCUT2D eigenvalue weighted by molar-refractivity contribution is 6.71. The van der Waals surface area contributed by atoms with Crippen molar-refractivity contribution in [2.24, 2.45) is 5.92 Å². The third-order valence-corrected chi connectivity index (χ3v) is 14.8. The number of aryl methyl sites for hydroxylation is 1. The van der Waals surface area contributed by atoms with Crippen molar-refractivity contribution < 1.29 is 33.7 Å². The molecule has 0 bridgehead atoms. The standard InChI is InChI=1S/C47H47N5O7Si/c1-30-44(60(3,4)56)43(24-25-50-28-38(48-49-50)36(29-53)32-12-6-5-7-13-32)59-47(30)37-26-34(57-2)22-23-39(37)51(46(47)55)27-31-18-20-33(21-19-31)52-40-15-9-11-17-42(40)58-41-16-10-8-14-35(41)45(52)54/h5-23,26,28,30,36,43-44,53,56H,24-25,27,29H2,1-4H3/t30-,36?,43+,44-,47+/m1/s1. The van der Waals surface area contributed by atoms with Crippen molar-refractivity contribution >= 4 is 37.2 Å². The zero-order valence-corrected chi connectivity index (χ0v) is 34.9. The number of rotatable bonds is 11. The third kappa shape index (κ3) is 6.67. The summed E-state index contributed by atoms with van der Waals surface area (Å²) < 4.78 is 20.7. The number of anilines is 3. The molecule has 1 spiro atoms. The quantitative estimate of drug-likeness (QED) is 0.125. The van der Waals surface area contributed by atoms with Crippen LogP contribution in [0.4, 0.5) is 17.1 Å². The molecule has 5 atom stereocenters. The van der Waals surface area contributed by atoms with E-state index >= 15 is 4.79 Å². The van der Waals surface area contributed by atoms with Gasteiger partial charge in [-0.15, -0.1) is 5.10 Å². The summed E-state index contributed by atoms with van der Waals surface area (Å²) in [5.41, 5.74) is 3.97. The van der Waals surface area contributed by atoms with Gasteiger partial charge in [0, 0.05) is 35.5 Å². The van der Waals surface area contributed by atoms with Gasteiger partial charge in [-0.2, -0.15) is 0 Å². The highest BCUT2D eigenvalue weighted by atomic mass is 28.4. The second-order valence-corrected chi connectivity index (χ2v) is 20.3. The molecule has 2 N–H and O–H groups in total. The molecule has 3 aliphatic heterocycles. The van der Waals surface area contributed by atoms with Crippen molar-refractivity contribution in [3.8, 4) is 17.2 Å². The smallest absolute Gasteiger partial charge is 0.266 e.